The molecule has 0 aliphatic carbocycles. The van der Waals surface area contributed by atoms with E-state index in [-0.39, 0.29) is 6.03 Å². The van der Waals surface area contributed by atoms with Crippen LogP contribution in [0, 0.1) is 0 Å². The lowest BCUT2D eigenvalue weighted by Crippen LogP contribution is -2.42. The summed E-state index contributed by atoms with van der Waals surface area (Å²) in [5, 5.41) is 2.94. The molecule has 0 spiro atoms. The van der Waals surface area contributed by atoms with Gasteiger partial charge in [-0.05, 0) is 23.1 Å². The first-order valence-corrected chi connectivity index (χ1v) is 7.35. The highest BCUT2D eigenvalue weighted by molar-refractivity contribution is 5.74. The molecule has 0 saturated heterocycles. The highest BCUT2D eigenvalue weighted by Gasteiger charge is 2.19. The molecule has 2 heterocycles. The smallest absolute Gasteiger partial charge is 0.317 e. The minimum atomic E-state index is -0.0367. The monoisotopic (exact) mass is 297 g/mol. The van der Waals surface area contributed by atoms with E-state index in [0.717, 1.165) is 18.5 Å². The van der Waals surface area contributed by atoms with Gasteiger partial charge in [0.05, 0.1) is 7.11 Å². The number of rotatable bonds is 3. The molecule has 0 radical (unpaired) electrons. The number of carbonyl (C=O) groups is 1. The first-order chi connectivity index (χ1) is 10.8. The molecule has 2 aromatic rings. The van der Waals surface area contributed by atoms with E-state index in [9.17, 15) is 4.79 Å². The molecule has 1 aromatic heterocycles. The van der Waals surface area contributed by atoms with Crippen LogP contribution in [0.5, 0.6) is 5.88 Å². The zero-order valence-corrected chi connectivity index (χ0v) is 12.6. The van der Waals surface area contributed by atoms with E-state index < -0.39 is 0 Å². The first kappa shape index (κ1) is 14.4. The maximum Gasteiger partial charge on any atom is 0.317 e. The SMILES string of the molecule is COc1ccc(CNC(=O)N2CCc3ccccc3C2)cn1. The third-order valence-corrected chi connectivity index (χ3v) is 3.87. The van der Waals surface area contributed by atoms with Gasteiger partial charge in [0.2, 0.25) is 5.88 Å². The van der Waals surface area contributed by atoms with Crippen molar-refractivity contribution in [3.05, 3.63) is 59.3 Å². The van der Waals surface area contributed by atoms with Gasteiger partial charge in [0.25, 0.3) is 0 Å². The van der Waals surface area contributed by atoms with Crippen LogP contribution in [0.15, 0.2) is 42.6 Å². The highest BCUT2D eigenvalue weighted by atomic mass is 16.5. The topological polar surface area (TPSA) is 54.5 Å². The summed E-state index contributed by atoms with van der Waals surface area (Å²) in [4.78, 5) is 18.3. The van der Waals surface area contributed by atoms with Crippen LogP contribution in [-0.2, 0) is 19.5 Å². The van der Waals surface area contributed by atoms with Gasteiger partial charge < -0.3 is 15.0 Å². The Bertz CT molecular complexity index is 655. The van der Waals surface area contributed by atoms with Gasteiger partial charge >= 0.3 is 6.03 Å². The normalized spacial score (nSPS) is 13.4. The molecule has 3 rings (SSSR count). The number of nitrogens with zero attached hydrogens (tertiary/aromatic N) is 2. The Morgan fingerprint density at radius 2 is 2.09 bits per heavy atom. The molecule has 0 bridgehead atoms. The summed E-state index contributed by atoms with van der Waals surface area (Å²) >= 11 is 0. The predicted molar refractivity (Wildman–Crippen MR) is 83.6 cm³/mol. The van der Waals surface area contributed by atoms with Crippen LogP contribution < -0.4 is 10.1 Å². The Morgan fingerprint density at radius 1 is 1.27 bits per heavy atom. The van der Waals surface area contributed by atoms with Crippen LogP contribution in [0.3, 0.4) is 0 Å². The van der Waals surface area contributed by atoms with E-state index in [0.29, 0.717) is 19.0 Å². The highest BCUT2D eigenvalue weighted by Crippen LogP contribution is 2.18. The molecule has 114 valence electrons. The van der Waals surface area contributed by atoms with Gasteiger partial charge in [-0.25, -0.2) is 9.78 Å². The van der Waals surface area contributed by atoms with E-state index in [1.165, 1.54) is 11.1 Å². The summed E-state index contributed by atoms with van der Waals surface area (Å²) in [6.07, 6.45) is 2.62. The van der Waals surface area contributed by atoms with Crippen molar-refractivity contribution < 1.29 is 9.53 Å². The Morgan fingerprint density at radius 3 is 2.82 bits per heavy atom. The van der Waals surface area contributed by atoms with Gasteiger partial charge in [0.1, 0.15) is 0 Å². The van der Waals surface area contributed by atoms with Crippen LogP contribution in [0.25, 0.3) is 0 Å². The second kappa shape index (κ2) is 6.47. The first-order valence-electron chi connectivity index (χ1n) is 7.35. The lowest BCUT2D eigenvalue weighted by Gasteiger charge is -2.29. The summed E-state index contributed by atoms with van der Waals surface area (Å²) in [5.41, 5.74) is 3.52. The van der Waals surface area contributed by atoms with E-state index >= 15 is 0 Å². The van der Waals surface area contributed by atoms with E-state index in [4.69, 9.17) is 4.74 Å². The third kappa shape index (κ3) is 3.19. The number of hydrogen-bond donors (Lipinski definition) is 1. The third-order valence-electron chi connectivity index (χ3n) is 3.87. The molecule has 0 unspecified atom stereocenters. The lowest BCUT2D eigenvalue weighted by molar-refractivity contribution is 0.192. The van der Waals surface area contributed by atoms with Crippen molar-refractivity contribution in [1.82, 2.24) is 15.2 Å². The zero-order chi connectivity index (χ0) is 15.4. The van der Waals surface area contributed by atoms with Crippen molar-refractivity contribution >= 4 is 6.03 Å². The molecule has 5 nitrogen and oxygen atoms in total. The van der Waals surface area contributed by atoms with Crippen LogP contribution in [0.2, 0.25) is 0 Å². The quantitative estimate of drug-likeness (QED) is 0.946. The number of aromatic nitrogens is 1. The Hall–Kier alpha value is -2.56. The van der Waals surface area contributed by atoms with Crippen molar-refractivity contribution in [2.75, 3.05) is 13.7 Å². The Balaban J connectivity index is 1.56. The largest absolute Gasteiger partial charge is 0.481 e. The molecule has 0 atom stereocenters. The van der Waals surface area contributed by atoms with Crippen molar-refractivity contribution in [1.29, 1.82) is 0 Å². The average molecular weight is 297 g/mol. The number of nitrogens with one attached hydrogen (secondary N) is 1. The number of benzene rings is 1. The maximum absolute atomic E-state index is 12.3. The molecule has 0 fully saturated rings. The molecule has 0 saturated carbocycles. The van der Waals surface area contributed by atoms with Crippen molar-refractivity contribution in [3.8, 4) is 5.88 Å². The van der Waals surface area contributed by atoms with Crippen LogP contribution in [0.4, 0.5) is 4.79 Å². The summed E-state index contributed by atoms with van der Waals surface area (Å²) in [6, 6.07) is 11.9. The molecule has 1 aliphatic rings. The van der Waals surface area contributed by atoms with Gasteiger partial charge in [0, 0.05) is 31.9 Å². The molecular formula is C17H19N3O2. The van der Waals surface area contributed by atoms with Gasteiger partial charge in [0.15, 0.2) is 0 Å². The molecular weight excluding hydrogens is 278 g/mol. The van der Waals surface area contributed by atoms with E-state index in [2.05, 4.69) is 22.4 Å². The number of carbonyl (C=O) groups excluding carboxylic acids is 1. The summed E-state index contributed by atoms with van der Waals surface area (Å²) in [5.74, 6) is 0.572. The van der Waals surface area contributed by atoms with Crippen molar-refractivity contribution in [3.63, 3.8) is 0 Å². The van der Waals surface area contributed by atoms with Gasteiger partial charge in [-0.3, -0.25) is 0 Å². The number of urea groups is 1. The van der Waals surface area contributed by atoms with Gasteiger partial charge in [-0.15, -0.1) is 0 Å². The second-order valence-corrected chi connectivity index (χ2v) is 5.31. The molecule has 1 aromatic carbocycles. The predicted octanol–water partition coefficient (Wildman–Crippen LogP) is 2.36. The van der Waals surface area contributed by atoms with Gasteiger partial charge in [-0.2, -0.15) is 0 Å². The Labute approximate surface area is 129 Å². The number of fused-ring (bicyclic) bond motifs is 1. The minimum Gasteiger partial charge on any atom is -0.481 e. The molecule has 5 heteroatoms. The lowest BCUT2D eigenvalue weighted by atomic mass is 10.0. The van der Waals surface area contributed by atoms with E-state index in [1.807, 2.05) is 23.1 Å². The number of amides is 2. The maximum atomic E-state index is 12.3. The van der Waals surface area contributed by atoms with Crippen molar-refractivity contribution in [2.45, 2.75) is 19.5 Å². The fourth-order valence-corrected chi connectivity index (χ4v) is 2.59. The summed E-state index contributed by atoms with van der Waals surface area (Å²) < 4.78 is 5.02. The number of pyridine rings is 1. The minimum absolute atomic E-state index is 0.0367. The average Bonchev–Trinajstić information content (AvgIpc) is 2.59. The number of hydrogen-bond acceptors (Lipinski definition) is 3. The Kier molecular flexibility index (Phi) is 4.23. The van der Waals surface area contributed by atoms with Crippen molar-refractivity contribution in [2.24, 2.45) is 0 Å². The van der Waals surface area contributed by atoms with Crippen LogP contribution in [-0.4, -0.2) is 29.6 Å². The fourth-order valence-electron chi connectivity index (χ4n) is 2.59. The number of ether oxygens (including phenoxy) is 1. The molecule has 1 aliphatic heterocycles. The standard InChI is InChI=1S/C17H19N3O2/c1-22-16-7-6-13(10-18-16)11-19-17(21)20-9-8-14-4-2-3-5-15(14)12-20/h2-7,10H,8-9,11-12H2,1H3,(H,19,21). The van der Waals surface area contributed by atoms with E-state index in [1.54, 1.807) is 19.4 Å². The molecule has 2 amide bonds. The number of methoxy groups -OCH3 is 1. The second-order valence-electron chi connectivity index (χ2n) is 5.31. The molecule has 22 heavy (non-hydrogen) atoms. The van der Waals surface area contributed by atoms with Crippen LogP contribution >= 0.6 is 0 Å². The molecule has 1 N–H and O–H groups in total. The fraction of sp³-hybridized carbons (Fsp3) is 0.294. The summed E-state index contributed by atoms with van der Waals surface area (Å²) in [6.45, 7) is 1.89. The summed E-state index contributed by atoms with van der Waals surface area (Å²) in [7, 11) is 1.58. The van der Waals surface area contributed by atoms with Gasteiger partial charge in [-0.1, -0.05) is 30.3 Å². The van der Waals surface area contributed by atoms with Crippen LogP contribution in [0.1, 0.15) is 16.7 Å². The zero-order valence-electron chi connectivity index (χ0n) is 12.6.